The van der Waals surface area contributed by atoms with E-state index < -0.39 is 0 Å². The van der Waals surface area contributed by atoms with Crippen molar-refractivity contribution < 1.29 is 9.90 Å². The number of carbonyl (C=O) groups excluding carboxylic acids is 1. The Morgan fingerprint density at radius 2 is 1.95 bits per heavy atom. The van der Waals surface area contributed by atoms with Crippen LogP contribution in [0.2, 0.25) is 0 Å². The van der Waals surface area contributed by atoms with Crippen LogP contribution in [0.1, 0.15) is 42.5 Å². The Kier molecular flexibility index (Phi) is 3.56. The second-order valence-corrected chi connectivity index (χ2v) is 5.80. The molecule has 0 spiro atoms. The lowest BCUT2D eigenvalue weighted by Gasteiger charge is -2.45. The number of hydrogen-bond acceptors (Lipinski definition) is 2. The molecule has 2 aliphatic rings. The molecule has 3 rings (SSSR count). The van der Waals surface area contributed by atoms with Gasteiger partial charge in [0.25, 0.3) is 5.91 Å². The maximum atomic E-state index is 12.6. The molecule has 19 heavy (non-hydrogen) atoms. The van der Waals surface area contributed by atoms with Gasteiger partial charge < -0.3 is 10.0 Å². The molecule has 1 heterocycles. The summed E-state index contributed by atoms with van der Waals surface area (Å²) in [5.74, 6) is 0.717. The van der Waals surface area contributed by atoms with Crippen LogP contribution in [-0.4, -0.2) is 34.6 Å². The lowest BCUT2D eigenvalue weighted by Crippen LogP contribution is -2.51. The lowest BCUT2D eigenvalue weighted by atomic mass is 9.77. The maximum Gasteiger partial charge on any atom is 0.254 e. The average molecular weight is 259 g/mol. The number of piperidine rings is 1. The molecule has 3 heteroatoms. The van der Waals surface area contributed by atoms with Crippen molar-refractivity contribution in [1.82, 2.24) is 4.90 Å². The van der Waals surface area contributed by atoms with Gasteiger partial charge in [-0.05, 0) is 50.2 Å². The Morgan fingerprint density at radius 3 is 2.74 bits per heavy atom. The van der Waals surface area contributed by atoms with Gasteiger partial charge in [0.1, 0.15) is 0 Å². The van der Waals surface area contributed by atoms with E-state index in [-0.39, 0.29) is 18.1 Å². The number of amides is 1. The van der Waals surface area contributed by atoms with Crippen LogP contribution in [0.15, 0.2) is 30.3 Å². The van der Waals surface area contributed by atoms with E-state index in [1.807, 2.05) is 35.2 Å². The topological polar surface area (TPSA) is 40.5 Å². The molecule has 0 bridgehead atoms. The van der Waals surface area contributed by atoms with Crippen molar-refractivity contribution in [3.05, 3.63) is 35.9 Å². The van der Waals surface area contributed by atoms with Gasteiger partial charge in [-0.25, -0.2) is 0 Å². The second kappa shape index (κ2) is 5.33. The highest BCUT2D eigenvalue weighted by molar-refractivity contribution is 5.94. The first kappa shape index (κ1) is 12.7. The molecule has 0 aromatic heterocycles. The fraction of sp³-hybridized carbons (Fsp3) is 0.562. The number of benzene rings is 1. The molecular weight excluding hydrogens is 238 g/mol. The fourth-order valence-electron chi connectivity index (χ4n) is 3.59. The minimum atomic E-state index is -0.231. The molecule has 0 radical (unpaired) electrons. The molecule has 1 amide bonds. The van der Waals surface area contributed by atoms with Crippen molar-refractivity contribution in [2.24, 2.45) is 5.92 Å². The molecule has 0 unspecified atom stereocenters. The third kappa shape index (κ3) is 2.52. The predicted molar refractivity (Wildman–Crippen MR) is 73.8 cm³/mol. The first-order valence-electron chi connectivity index (χ1n) is 7.30. The standard InChI is InChI=1S/C16H21NO2/c18-14-9-8-12-7-4-10-17(15(12)11-14)16(19)13-5-2-1-3-6-13/h1-3,5-6,12,14-15,18H,4,7-11H2/t12-,14-,15+/m1/s1. The van der Waals surface area contributed by atoms with Crippen LogP contribution in [0.25, 0.3) is 0 Å². The third-order valence-corrected chi connectivity index (χ3v) is 4.58. The van der Waals surface area contributed by atoms with Crippen molar-refractivity contribution in [2.45, 2.75) is 44.2 Å². The molecule has 1 aliphatic carbocycles. The molecule has 2 fully saturated rings. The van der Waals surface area contributed by atoms with Crippen molar-refractivity contribution in [2.75, 3.05) is 6.54 Å². The Hall–Kier alpha value is -1.35. The number of rotatable bonds is 1. The predicted octanol–water partition coefficient (Wildman–Crippen LogP) is 2.45. The highest BCUT2D eigenvalue weighted by Gasteiger charge is 2.38. The third-order valence-electron chi connectivity index (χ3n) is 4.58. The van der Waals surface area contributed by atoms with Crippen molar-refractivity contribution in [3.8, 4) is 0 Å². The normalized spacial score (nSPS) is 30.8. The number of aliphatic hydroxyl groups is 1. The Bertz CT molecular complexity index is 445. The number of nitrogens with zero attached hydrogens (tertiary/aromatic N) is 1. The van der Waals surface area contributed by atoms with E-state index in [1.165, 1.54) is 6.42 Å². The van der Waals surface area contributed by atoms with Gasteiger partial charge in [-0.3, -0.25) is 4.79 Å². The molecular formula is C16H21NO2. The van der Waals surface area contributed by atoms with Crippen LogP contribution < -0.4 is 0 Å². The summed E-state index contributed by atoms with van der Waals surface area (Å²) in [6, 6.07) is 9.75. The molecule has 1 aliphatic heterocycles. The molecule has 1 aromatic carbocycles. The van der Waals surface area contributed by atoms with Gasteiger partial charge >= 0.3 is 0 Å². The Labute approximate surface area is 114 Å². The molecule has 1 saturated carbocycles. The average Bonchev–Trinajstić information content (AvgIpc) is 2.47. The zero-order chi connectivity index (χ0) is 13.2. The minimum Gasteiger partial charge on any atom is -0.393 e. The zero-order valence-corrected chi connectivity index (χ0v) is 11.2. The van der Waals surface area contributed by atoms with Crippen molar-refractivity contribution in [3.63, 3.8) is 0 Å². The lowest BCUT2D eigenvalue weighted by molar-refractivity contribution is 0.00569. The summed E-state index contributed by atoms with van der Waals surface area (Å²) in [4.78, 5) is 14.6. The summed E-state index contributed by atoms with van der Waals surface area (Å²) >= 11 is 0. The Balaban J connectivity index is 1.80. The van der Waals surface area contributed by atoms with E-state index in [2.05, 4.69) is 0 Å². The summed E-state index contributed by atoms with van der Waals surface area (Å²) in [5, 5.41) is 9.88. The number of aliphatic hydroxyl groups excluding tert-OH is 1. The maximum absolute atomic E-state index is 12.6. The van der Waals surface area contributed by atoms with E-state index in [4.69, 9.17) is 0 Å². The molecule has 1 N–H and O–H groups in total. The molecule has 1 aromatic rings. The molecule has 102 valence electrons. The van der Waals surface area contributed by atoms with Gasteiger partial charge in [-0.1, -0.05) is 18.2 Å². The van der Waals surface area contributed by atoms with Crippen LogP contribution in [0.4, 0.5) is 0 Å². The van der Waals surface area contributed by atoms with Gasteiger partial charge in [-0.2, -0.15) is 0 Å². The summed E-state index contributed by atoms with van der Waals surface area (Å²) in [7, 11) is 0. The van der Waals surface area contributed by atoms with Crippen molar-refractivity contribution >= 4 is 5.91 Å². The highest BCUT2D eigenvalue weighted by atomic mass is 16.3. The number of fused-ring (bicyclic) bond motifs is 1. The van der Waals surface area contributed by atoms with E-state index in [9.17, 15) is 9.90 Å². The monoisotopic (exact) mass is 259 g/mol. The van der Waals surface area contributed by atoms with Crippen LogP contribution in [0.3, 0.4) is 0 Å². The van der Waals surface area contributed by atoms with Crippen LogP contribution in [0.5, 0.6) is 0 Å². The fourth-order valence-corrected chi connectivity index (χ4v) is 3.59. The number of likely N-dealkylation sites (tertiary alicyclic amines) is 1. The largest absolute Gasteiger partial charge is 0.393 e. The number of hydrogen-bond donors (Lipinski definition) is 1. The van der Waals surface area contributed by atoms with Crippen molar-refractivity contribution in [1.29, 1.82) is 0 Å². The van der Waals surface area contributed by atoms with E-state index in [0.29, 0.717) is 5.92 Å². The minimum absolute atomic E-state index is 0.129. The van der Waals surface area contributed by atoms with Gasteiger partial charge in [0.05, 0.1) is 6.10 Å². The van der Waals surface area contributed by atoms with Gasteiger partial charge in [-0.15, -0.1) is 0 Å². The van der Waals surface area contributed by atoms with E-state index >= 15 is 0 Å². The van der Waals surface area contributed by atoms with Gasteiger partial charge in [0.2, 0.25) is 0 Å². The summed E-state index contributed by atoms with van der Waals surface area (Å²) in [6.45, 7) is 0.835. The smallest absolute Gasteiger partial charge is 0.254 e. The van der Waals surface area contributed by atoms with E-state index in [1.54, 1.807) is 0 Å². The number of carbonyl (C=O) groups is 1. The van der Waals surface area contributed by atoms with Crippen LogP contribution in [0, 0.1) is 5.92 Å². The van der Waals surface area contributed by atoms with Crippen LogP contribution >= 0.6 is 0 Å². The SMILES string of the molecule is O=C(c1ccccc1)N1CCC[C@@H]2CC[C@@H](O)C[C@@H]21. The van der Waals surface area contributed by atoms with Gasteiger partial charge in [0, 0.05) is 18.2 Å². The summed E-state index contributed by atoms with van der Waals surface area (Å²) in [6.07, 6.45) is 4.78. The molecule has 3 atom stereocenters. The summed E-state index contributed by atoms with van der Waals surface area (Å²) < 4.78 is 0. The molecule has 1 saturated heterocycles. The van der Waals surface area contributed by atoms with E-state index in [0.717, 1.165) is 37.8 Å². The van der Waals surface area contributed by atoms with Gasteiger partial charge in [0.15, 0.2) is 0 Å². The highest BCUT2D eigenvalue weighted by Crippen LogP contribution is 2.36. The first-order valence-corrected chi connectivity index (χ1v) is 7.30. The molecule has 3 nitrogen and oxygen atoms in total. The zero-order valence-electron chi connectivity index (χ0n) is 11.2. The Morgan fingerprint density at radius 1 is 1.16 bits per heavy atom. The first-order chi connectivity index (χ1) is 9.25. The van der Waals surface area contributed by atoms with Crippen LogP contribution in [-0.2, 0) is 0 Å². The quantitative estimate of drug-likeness (QED) is 0.841. The second-order valence-electron chi connectivity index (χ2n) is 5.80. The summed E-state index contributed by atoms with van der Waals surface area (Å²) in [5.41, 5.74) is 0.767.